The minimum Gasteiger partial charge on any atom is -0.472 e. The second-order valence-electron chi connectivity index (χ2n) is 5.58. The number of aromatic nitrogens is 3. The highest BCUT2D eigenvalue weighted by molar-refractivity contribution is 6.00. The molecule has 1 unspecified atom stereocenters. The number of amides is 2. The van der Waals surface area contributed by atoms with Crippen LogP contribution in [0.5, 0.6) is 5.75 Å². The van der Waals surface area contributed by atoms with E-state index in [1.807, 2.05) is 0 Å². The number of rotatable bonds is 7. The standard InChI is InChI=1S/C17H15F2N5O4/c1-9(20-15(26)10-6-7-27-8-10)14(25)22-17-21-13(23-24-17)11-4-2-3-5-12(11)28-16(18)19/h2-9,16H,1H3,(H,20,26)(H2,21,22,23,24,25). The Morgan fingerprint density at radius 3 is 2.75 bits per heavy atom. The van der Waals surface area contributed by atoms with Gasteiger partial charge in [0, 0.05) is 0 Å². The van der Waals surface area contributed by atoms with Gasteiger partial charge in [-0.05, 0) is 25.1 Å². The zero-order valence-electron chi connectivity index (χ0n) is 14.5. The Labute approximate surface area is 157 Å². The predicted molar refractivity (Wildman–Crippen MR) is 92.7 cm³/mol. The van der Waals surface area contributed by atoms with Crippen molar-refractivity contribution in [2.75, 3.05) is 5.32 Å². The highest BCUT2D eigenvalue weighted by Crippen LogP contribution is 2.28. The molecule has 3 N–H and O–H groups in total. The number of carbonyl (C=O) groups is 2. The summed E-state index contributed by atoms with van der Waals surface area (Å²) in [7, 11) is 0. The molecule has 11 heteroatoms. The zero-order valence-corrected chi connectivity index (χ0v) is 14.5. The lowest BCUT2D eigenvalue weighted by Gasteiger charge is -2.11. The van der Waals surface area contributed by atoms with Crippen molar-refractivity contribution in [2.24, 2.45) is 0 Å². The van der Waals surface area contributed by atoms with E-state index in [1.165, 1.54) is 43.7 Å². The SMILES string of the molecule is CC(NC(=O)c1ccoc1)C(=O)Nc1n[nH]c(-c2ccccc2OC(F)F)n1. The van der Waals surface area contributed by atoms with E-state index in [0.717, 1.165) is 0 Å². The molecule has 0 aliphatic rings. The summed E-state index contributed by atoms with van der Waals surface area (Å²) in [6.07, 6.45) is 2.59. The molecule has 2 aromatic heterocycles. The second-order valence-corrected chi connectivity index (χ2v) is 5.58. The number of hydrogen-bond donors (Lipinski definition) is 3. The molecule has 0 saturated heterocycles. The highest BCUT2D eigenvalue weighted by atomic mass is 19.3. The second kappa shape index (κ2) is 8.29. The third-order valence-electron chi connectivity index (χ3n) is 3.60. The Balaban J connectivity index is 1.66. The summed E-state index contributed by atoms with van der Waals surface area (Å²) in [6, 6.07) is 6.58. The highest BCUT2D eigenvalue weighted by Gasteiger charge is 2.20. The van der Waals surface area contributed by atoms with Gasteiger partial charge in [0.15, 0.2) is 5.82 Å². The van der Waals surface area contributed by atoms with E-state index in [2.05, 4.69) is 30.6 Å². The minimum atomic E-state index is -3.00. The van der Waals surface area contributed by atoms with Crippen LogP contribution in [0.1, 0.15) is 17.3 Å². The first-order valence-electron chi connectivity index (χ1n) is 8.04. The van der Waals surface area contributed by atoms with Crippen molar-refractivity contribution in [3.8, 4) is 17.1 Å². The van der Waals surface area contributed by atoms with Crippen molar-refractivity contribution in [2.45, 2.75) is 19.6 Å². The van der Waals surface area contributed by atoms with E-state index >= 15 is 0 Å². The molecular formula is C17H15F2N5O4. The fourth-order valence-corrected chi connectivity index (χ4v) is 2.26. The van der Waals surface area contributed by atoms with E-state index in [1.54, 1.807) is 6.07 Å². The number of ether oxygens (including phenoxy) is 1. The molecule has 146 valence electrons. The number of benzene rings is 1. The Morgan fingerprint density at radius 1 is 1.25 bits per heavy atom. The number of nitrogens with zero attached hydrogens (tertiary/aromatic N) is 2. The molecule has 28 heavy (non-hydrogen) atoms. The van der Waals surface area contributed by atoms with Crippen molar-refractivity contribution in [1.82, 2.24) is 20.5 Å². The van der Waals surface area contributed by atoms with Gasteiger partial charge in [-0.25, -0.2) is 0 Å². The fraction of sp³-hybridized carbons (Fsp3) is 0.176. The summed E-state index contributed by atoms with van der Waals surface area (Å²) in [4.78, 5) is 28.2. The normalized spacial score (nSPS) is 11.9. The van der Waals surface area contributed by atoms with E-state index < -0.39 is 24.5 Å². The summed E-state index contributed by atoms with van der Waals surface area (Å²) in [5.41, 5.74) is 0.521. The van der Waals surface area contributed by atoms with Gasteiger partial charge in [-0.1, -0.05) is 12.1 Å². The Kier molecular flexibility index (Phi) is 5.63. The molecule has 0 spiro atoms. The van der Waals surface area contributed by atoms with Crippen molar-refractivity contribution in [3.05, 3.63) is 48.4 Å². The Morgan fingerprint density at radius 2 is 2.04 bits per heavy atom. The lowest BCUT2D eigenvalue weighted by Crippen LogP contribution is -2.41. The molecule has 9 nitrogen and oxygen atoms in total. The van der Waals surface area contributed by atoms with Crippen LogP contribution in [-0.4, -0.2) is 39.6 Å². The summed E-state index contributed by atoms with van der Waals surface area (Å²) in [5, 5.41) is 11.3. The maximum atomic E-state index is 12.5. The lowest BCUT2D eigenvalue weighted by molar-refractivity contribution is -0.117. The number of H-pyrrole nitrogens is 1. The number of para-hydroxylation sites is 1. The number of nitrogens with one attached hydrogen (secondary N) is 3. The van der Waals surface area contributed by atoms with Gasteiger partial charge >= 0.3 is 6.61 Å². The first kappa shape index (κ1) is 19.0. The van der Waals surface area contributed by atoms with Crippen LogP contribution >= 0.6 is 0 Å². The number of furan rings is 1. The van der Waals surface area contributed by atoms with E-state index in [-0.39, 0.29) is 28.6 Å². The lowest BCUT2D eigenvalue weighted by atomic mass is 10.2. The first-order chi connectivity index (χ1) is 13.4. The number of alkyl halides is 2. The maximum Gasteiger partial charge on any atom is 0.387 e. The molecule has 0 aliphatic carbocycles. The van der Waals surface area contributed by atoms with E-state index in [9.17, 15) is 18.4 Å². The molecule has 3 aromatic rings. The van der Waals surface area contributed by atoms with Gasteiger partial charge in [-0.3, -0.25) is 20.0 Å². The molecule has 0 aliphatic heterocycles. The van der Waals surface area contributed by atoms with Gasteiger partial charge in [-0.15, -0.1) is 5.10 Å². The Bertz CT molecular complexity index is 958. The molecule has 1 atom stereocenters. The topological polar surface area (TPSA) is 122 Å². The van der Waals surface area contributed by atoms with Crippen LogP contribution in [0.15, 0.2) is 47.3 Å². The minimum absolute atomic E-state index is 0.0868. The van der Waals surface area contributed by atoms with Gasteiger partial charge in [0.05, 0.1) is 17.4 Å². The quantitative estimate of drug-likeness (QED) is 0.569. The van der Waals surface area contributed by atoms with E-state index in [4.69, 9.17) is 4.42 Å². The maximum absolute atomic E-state index is 12.5. The average molecular weight is 391 g/mol. The van der Waals surface area contributed by atoms with Gasteiger partial charge < -0.3 is 14.5 Å². The number of aromatic amines is 1. The molecule has 1 aromatic carbocycles. The summed E-state index contributed by atoms with van der Waals surface area (Å²) < 4.78 is 34.3. The molecule has 0 bridgehead atoms. The molecular weight excluding hydrogens is 376 g/mol. The summed E-state index contributed by atoms with van der Waals surface area (Å²) in [6.45, 7) is -1.52. The van der Waals surface area contributed by atoms with Crippen LogP contribution in [0, 0.1) is 0 Å². The molecule has 2 amide bonds. The van der Waals surface area contributed by atoms with Crippen molar-refractivity contribution >= 4 is 17.8 Å². The molecule has 0 fully saturated rings. The molecule has 0 saturated carbocycles. The van der Waals surface area contributed by atoms with Crippen LogP contribution in [0.4, 0.5) is 14.7 Å². The van der Waals surface area contributed by atoms with Crippen LogP contribution in [0.25, 0.3) is 11.4 Å². The molecule has 3 rings (SSSR count). The third-order valence-corrected chi connectivity index (χ3v) is 3.60. The average Bonchev–Trinajstić information content (AvgIpc) is 3.33. The predicted octanol–water partition coefficient (Wildman–Crippen LogP) is 2.42. The van der Waals surface area contributed by atoms with Crippen LogP contribution < -0.4 is 15.4 Å². The smallest absolute Gasteiger partial charge is 0.387 e. The number of carbonyl (C=O) groups excluding carboxylic acids is 2. The van der Waals surface area contributed by atoms with Gasteiger partial charge in [0.1, 0.15) is 18.1 Å². The molecule has 0 radical (unpaired) electrons. The van der Waals surface area contributed by atoms with Gasteiger partial charge in [0.25, 0.3) is 5.91 Å². The van der Waals surface area contributed by atoms with Crippen molar-refractivity contribution < 1.29 is 27.5 Å². The zero-order chi connectivity index (χ0) is 20.1. The largest absolute Gasteiger partial charge is 0.472 e. The van der Waals surface area contributed by atoms with Crippen molar-refractivity contribution in [3.63, 3.8) is 0 Å². The van der Waals surface area contributed by atoms with Gasteiger partial charge in [0.2, 0.25) is 11.9 Å². The monoisotopic (exact) mass is 391 g/mol. The number of hydrogen-bond acceptors (Lipinski definition) is 6. The number of anilines is 1. The summed E-state index contributed by atoms with van der Waals surface area (Å²) in [5.74, 6) is -1.10. The molecule has 2 heterocycles. The summed E-state index contributed by atoms with van der Waals surface area (Å²) >= 11 is 0. The van der Waals surface area contributed by atoms with Crippen LogP contribution in [0.3, 0.4) is 0 Å². The van der Waals surface area contributed by atoms with E-state index in [0.29, 0.717) is 0 Å². The fourth-order valence-electron chi connectivity index (χ4n) is 2.26. The Hall–Kier alpha value is -3.76. The van der Waals surface area contributed by atoms with Gasteiger partial charge in [-0.2, -0.15) is 13.8 Å². The third kappa shape index (κ3) is 4.50. The van der Waals surface area contributed by atoms with Crippen molar-refractivity contribution in [1.29, 1.82) is 0 Å². The van der Waals surface area contributed by atoms with Crippen LogP contribution in [-0.2, 0) is 4.79 Å². The first-order valence-corrected chi connectivity index (χ1v) is 8.04. The number of halogens is 2. The van der Waals surface area contributed by atoms with Crippen LogP contribution in [0.2, 0.25) is 0 Å².